The van der Waals surface area contributed by atoms with Crippen LogP contribution in [0.15, 0.2) is 54.6 Å². The Balaban J connectivity index is 1.24. The minimum atomic E-state index is 0.232. The first kappa shape index (κ1) is 19.9. The van der Waals surface area contributed by atoms with Gasteiger partial charge in [0.25, 0.3) is 0 Å². The molecule has 2 fully saturated rings. The van der Waals surface area contributed by atoms with Crippen LogP contribution in [-0.4, -0.2) is 55.2 Å². The highest BCUT2D eigenvalue weighted by atomic mass is 16.5. The molecule has 0 saturated carbocycles. The number of hydrazine groups is 1. The molecule has 2 aromatic carbocycles. The number of rotatable bonds is 6. The molecule has 1 amide bonds. The van der Waals surface area contributed by atoms with Crippen molar-refractivity contribution in [2.75, 3.05) is 33.3 Å². The van der Waals surface area contributed by atoms with Gasteiger partial charge in [-0.3, -0.25) is 9.69 Å². The van der Waals surface area contributed by atoms with E-state index < -0.39 is 0 Å². The summed E-state index contributed by atoms with van der Waals surface area (Å²) in [7, 11) is 1.67. The molecule has 2 heterocycles. The number of aryl methyl sites for hydroxylation is 1. The van der Waals surface area contributed by atoms with E-state index in [0.29, 0.717) is 18.6 Å². The van der Waals surface area contributed by atoms with E-state index >= 15 is 0 Å². The highest BCUT2D eigenvalue weighted by molar-refractivity contribution is 5.76. The molecule has 154 valence electrons. The van der Waals surface area contributed by atoms with Crippen LogP contribution in [0.25, 0.3) is 0 Å². The summed E-state index contributed by atoms with van der Waals surface area (Å²) in [5.74, 6) is 1.09. The van der Waals surface area contributed by atoms with Crippen molar-refractivity contribution in [3.63, 3.8) is 0 Å². The van der Waals surface area contributed by atoms with E-state index in [2.05, 4.69) is 40.0 Å². The van der Waals surface area contributed by atoms with Crippen LogP contribution in [0.1, 0.15) is 30.0 Å². The van der Waals surface area contributed by atoms with Crippen molar-refractivity contribution < 1.29 is 9.53 Å². The summed E-state index contributed by atoms with van der Waals surface area (Å²) in [6.45, 7) is 3.39. The molecule has 2 aliphatic rings. The van der Waals surface area contributed by atoms with Crippen molar-refractivity contribution in [3.05, 3.63) is 65.7 Å². The molecule has 0 bridgehead atoms. The number of nitrogens with one attached hydrogen (secondary N) is 2. The molecule has 0 aromatic heterocycles. The topological polar surface area (TPSA) is 56.8 Å². The van der Waals surface area contributed by atoms with Gasteiger partial charge < -0.3 is 9.64 Å². The molecule has 29 heavy (non-hydrogen) atoms. The Bertz CT molecular complexity index is 806. The second kappa shape index (κ2) is 9.39. The maximum atomic E-state index is 12.7. The lowest BCUT2D eigenvalue weighted by Gasteiger charge is -2.37. The number of methoxy groups -OCH3 is 1. The van der Waals surface area contributed by atoms with Crippen LogP contribution in [0.2, 0.25) is 0 Å². The summed E-state index contributed by atoms with van der Waals surface area (Å²) in [5, 5.41) is 0. The zero-order chi connectivity index (χ0) is 20.1. The number of carbonyl (C=O) groups is 1. The molecule has 2 aromatic rings. The molecule has 2 unspecified atom stereocenters. The minimum absolute atomic E-state index is 0.232. The molecule has 4 rings (SSSR count). The average molecular weight is 395 g/mol. The Morgan fingerprint density at radius 2 is 1.72 bits per heavy atom. The van der Waals surface area contributed by atoms with Gasteiger partial charge in [-0.15, -0.1) is 0 Å². The average Bonchev–Trinajstić information content (AvgIpc) is 3.29. The van der Waals surface area contributed by atoms with Gasteiger partial charge in [-0.25, -0.2) is 10.9 Å². The fourth-order valence-corrected chi connectivity index (χ4v) is 4.28. The molecule has 2 atom stereocenters. The van der Waals surface area contributed by atoms with Gasteiger partial charge in [0.1, 0.15) is 5.75 Å². The molecule has 6 heteroatoms. The van der Waals surface area contributed by atoms with E-state index in [1.807, 2.05) is 35.2 Å². The summed E-state index contributed by atoms with van der Waals surface area (Å²) in [6, 6.07) is 18.8. The lowest BCUT2D eigenvalue weighted by atomic mass is 10.0. The molecule has 2 aliphatic heterocycles. The second-order valence-electron chi connectivity index (χ2n) is 7.73. The third-order valence-corrected chi connectivity index (χ3v) is 5.99. The van der Waals surface area contributed by atoms with Gasteiger partial charge >= 0.3 is 0 Å². The van der Waals surface area contributed by atoms with Gasteiger partial charge in [-0.2, -0.15) is 0 Å². The van der Waals surface area contributed by atoms with Crippen LogP contribution in [0, 0.1) is 0 Å². The number of carbonyl (C=O) groups excluding carboxylic acids is 1. The number of nitrogens with zero attached hydrogens (tertiary/aromatic N) is 2. The smallest absolute Gasteiger partial charge is 0.222 e. The van der Waals surface area contributed by atoms with Crippen LogP contribution < -0.4 is 15.6 Å². The van der Waals surface area contributed by atoms with E-state index in [-0.39, 0.29) is 5.91 Å². The van der Waals surface area contributed by atoms with E-state index in [9.17, 15) is 4.79 Å². The van der Waals surface area contributed by atoms with Gasteiger partial charge in [0, 0.05) is 38.6 Å². The van der Waals surface area contributed by atoms with E-state index in [1.165, 1.54) is 5.56 Å². The van der Waals surface area contributed by atoms with Crippen molar-refractivity contribution in [1.29, 1.82) is 0 Å². The number of piperazine rings is 1. The first-order chi connectivity index (χ1) is 14.2. The largest absolute Gasteiger partial charge is 0.496 e. The highest BCUT2D eigenvalue weighted by Crippen LogP contribution is 2.24. The molecule has 2 saturated heterocycles. The third kappa shape index (κ3) is 4.78. The quantitative estimate of drug-likeness (QED) is 0.788. The van der Waals surface area contributed by atoms with Crippen molar-refractivity contribution >= 4 is 5.91 Å². The lowest BCUT2D eigenvalue weighted by molar-refractivity contribution is -0.133. The molecular weight excluding hydrogens is 364 g/mol. The number of hydrogen-bond acceptors (Lipinski definition) is 5. The Labute approximate surface area is 172 Å². The van der Waals surface area contributed by atoms with Gasteiger partial charge in [0.15, 0.2) is 0 Å². The predicted molar refractivity (Wildman–Crippen MR) is 113 cm³/mol. The van der Waals surface area contributed by atoms with Crippen LogP contribution in [-0.2, 0) is 11.2 Å². The summed E-state index contributed by atoms with van der Waals surface area (Å²) in [4.78, 5) is 17.1. The molecule has 0 spiro atoms. The third-order valence-electron chi connectivity index (χ3n) is 5.99. The highest BCUT2D eigenvalue weighted by Gasteiger charge is 2.32. The fourth-order valence-electron chi connectivity index (χ4n) is 4.28. The van der Waals surface area contributed by atoms with Gasteiger partial charge in [-0.05, 0) is 30.0 Å². The number of para-hydroxylation sites is 1. The maximum Gasteiger partial charge on any atom is 0.222 e. The number of hydrogen-bond donors (Lipinski definition) is 2. The van der Waals surface area contributed by atoms with Gasteiger partial charge in [0.05, 0.1) is 13.3 Å². The van der Waals surface area contributed by atoms with Crippen molar-refractivity contribution in [2.45, 2.75) is 31.5 Å². The standard InChI is InChI=1S/C23H30N4O2/c1-29-21-10-6-5-9-19(21)11-12-23(28)27-15-13-26(14-16-27)22-17-20(24-25-22)18-7-3-2-4-8-18/h2-10,20,22,24-25H,11-17H2,1H3. The van der Waals surface area contributed by atoms with Crippen molar-refractivity contribution in [2.24, 2.45) is 0 Å². The zero-order valence-corrected chi connectivity index (χ0v) is 17.0. The molecule has 0 radical (unpaired) electrons. The van der Waals surface area contributed by atoms with E-state index in [0.717, 1.165) is 50.3 Å². The normalized spacial score (nSPS) is 22.6. The molecule has 0 aliphatic carbocycles. The van der Waals surface area contributed by atoms with Crippen molar-refractivity contribution in [3.8, 4) is 5.75 Å². The zero-order valence-electron chi connectivity index (χ0n) is 17.0. The fraction of sp³-hybridized carbons (Fsp3) is 0.435. The van der Waals surface area contributed by atoms with Crippen LogP contribution >= 0.6 is 0 Å². The van der Waals surface area contributed by atoms with Crippen molar-refractivity contribution in [1.82, 2.24) is 20.7 Å². The van der Waals surface area contributed by atoms with Crippen LogP contribution in [0.5, 0.6) is 5.75 Å². The monoisotopic (exact) mass is 394 g/mol. The second-order valence-corrected chi connectivity index (χ2v) is 7.73. The Kier molecular flexibility index (Phi) is 6.44. The summed E-state index contributed by atoms with van der Waals surface area (Å²) < 4.78 is 5.39. The summed E-state index contributed by atoms with van der Waals surface area (Å²) in [5.41, 5.74) is 9.26. The van der Waals surface area contributed by atoms with Crippen LogP contribution in [0.4, 0.5) is 0 Å². The maximum absolute atomic E-state index is 12.7. The first-order valence-electron chi connectivity index (χ1n) is 10.4. The van der Waals surface area contributed by atoms with Gasteiger partial charge in [0.2, 0.25) is 5.91 Å². The Morgan fingerprint density at radius 3 is 2.48 bits per heavy atom. The lowest BCUT2D eigenvalue weighted by Crippen LogP contribution is -2.55. The first-order valence-corrected chi connectivity index (χ1v) is 10.4. The Hall–Kier alpha value is -2.41. The predicted octanol–water partition coefficient (Wildman–Crippen LogP) is 2.34. The number of benzene rings is 2. The van der Waals surface area contributed by atoms with E-state index in [1.54, 1.807) is 7.11 Å². The number of amides is 1. The van der Waals surface area contributed by atoms with Gasteiger partial charge in [-0.1, -0.05) is 48.5 Å². The summed E-state index contributed by atoms with van der Waals surface area (Å²) >= 11 is 0. The minimum Gasteiger partial charge on any atom is -0.496 e. The molecule has 2 N–H and O–H groups in total. The van der Waals surface area contributed by atoms with Crippen LogP contribution in [0.3, 0.4) is 0 Å². The summed E-state index contributed by atoms with van der Waals surface area (Å²) in [6.07, 6.45) is 2.59. The van der Waals surface area contributed by atoms with E-state index in [4.69, 9.17) is 4.74 Å². The molecular formula is C23H30N4O2. The Morgan fingerprint density at radius 1 is 1.00 bits per heavy atom. The SMILES string of the molecule is COc1ccccc1CCC(=O)N1CCN(C2CC(c3ccccc3)NN2)CC1. The molecule has 6 nitrogen and oxygen atoms in total. The number of ether oxygens (including phenoxy) is 1.